The number of carbonyl (C=O) groups excluding carboxylic acids is 1. The maximum absolute atomic E-state index is 12.1. The van der Waals surface area contributed by atoms with Crippen molar-refractivity contribution in [3.8, 4) is 0 Å². The van der Waals surface area contributed by atoms with Crippen LogP contribution in [0, 0.1) is 0 Å². The van der Waals surface area contributed by atoms with E-state index in [0.29, 0.717) is 6.42 Å². The number of nitrogens with one attached hydrogen (secondary N) is 2. The van der Waals surface area contributed by atoms with E-state index in [1.807, 2.05) is 48.7 Å². The molecule has 0 aliphatic carbocycles. The molecule has 0 saturated heterocycles. The van der Waals surface area contributed by atoms with Gasteiger partial charge in [-0.2, -0.15) is 0 Å². The summed E-state index contributed by atoms with van der Waals surface area (Å²) >= 11 is 0. The first-order chi connectivity index (χ1) is 12.7. The number of para-hydroxylation sites is 1. The Kier molecular flexibility index (Phi) is 6.28. The van der Waals surface area contributed by atoms with Crippen LogP contribution in [0.2, 0.25) is 0 Å². The van der Waals surface area contributed by atoms with E-state index in [1.165, 1.54) is 0 Å². The molecule has 0 saturated carbocycles. The van der Waals surface area contributed by atoms with E-state index in [0.717, 1.165) is 47.9 Å². The Morgan fingerprint density at radius 2 is 2.12 bits per heavy atom. The van der Waals surface area contributed by atoms with Crippen LogP contribution in [0.4, 0.5) is 0 Å². The van der Waals surface area contributed by atoms with E-state index >= 15 is 0 Å². The van der Waals surface area contributed by atoms with Gasteiger partial charge >= 0.3 is 0 Å². The number of unbranched alkanes of at least 4 members (excludes halogenated alkanes) is 2. The van der Waals surface area contributed by atoms with Crippen molar-refractivity contribution in [2.45, 2.75) is 38.1 Å². The van der Waals surface area contributed by atoms with Gasteiger partial charge in [-0.3, -0.25) is 4.79 Å². The average Bonchev–Trinajstić information content (AvgIpc) is 3.31. The number of rotatable bonds is 9. The van der Waals surface area contributed by atoms with Crippen molar-refractivity contribution in [3.63, 3.8) is 0 Å². The van der Waals surface area contributed by atoms with Crippen LogP contribution in [-0.4, -0.2) is 16.9 Å². The molecule has 0 bridgehead atoms. The third kappa shape index (κ3) is 4.86. The molecule has 26 heavy (non-hydrogen) atoms. The molecule has 1 atom stereocenters. The molecular weight excluding hydrogens is 326 g/mol. The molecule has 1 amide bonds. The third-order valence-electron chi connectivity index (χ3n) is 4.42. The Labute approximate surface area is 153 Å². The number of amides is 1. The highest BCUT2D eigenvalue weighted by Crippen LogP contribution is 2.18. The van der Waals surface area contributed by atoms with Crippen molar-refractivity contribution in [1.82, 2.24) is 10.3 Å². The van der Waals surface area contributed by atoms with Gasteiger partial charge in [0.05, 0.1) is 12.3 Å². The number of fused-ring (bicyclic) bond motifs is 1. The highest BCUT2D eigenvalue weighted by atomic mass is 16.3. The van der Waals surface area contributed by atoms with Gasteiger partial charge in [-0.25, -0.2) is 0 Å². The standard InChI is InChI=1S/C21H25N3O2/c22-19(14-16-15-24-20-11-5-4-10-18(16)20)21(25)23-12-6-2-1-3-8-17-9-7-13-26-17/h4-7,9-13,15,19,24H,1-3,8,14,22H2,(H,23,25)/b12-6+/t19-/m0/s1. The van der Waals surface area contributed by atoms with Gasteiger partial charge in [-0.1, -0.05) is 24.3 Å². The SMILES string of the molecule is N[C@@H](Cc1c[nH]c2ccccc12)C(=O)N/C=C/CCCCc1ccco1. The molecule has 1 aromatic carbocycles. The molecule has 136 valence electrons. The van der Waals surface area contributed by atoms with E-state index < -0.39 is 6.04 Å². The molecule has 5 nitrogen and oxygen atoms in total. The number of nitrogens with two attached hydrogens (primary N) is 1. The van der Waals surface area contributed by atoms with E-state index in [4.69, 9.17) is 10.2 Å². The van der Waals surface area contributed by atoms with Gasteiger partial charge in [0.1, 0.15) is 5.76 Å². The van der Waals surface area contributed by atoms with Crippen LogP contribution < -0.4 is 11.1 Å². The minimum Gasteiger partial charge on any atom is -0.469 e. The fourth-order valence-corrected chi connectivity index (χ4v) is 2.98. The molecule has 0 unspecified atom stereocenters. The fraction of sp³-hybridized carbons (Fsp3) is 0.286. The van der Waals surface area contributed by atoms with E-state index in [-0.39, 0.29) is 5.91 Å². The molecule has 0 radical (unpaired) electrons. The van der Waals surface area contributed by atoms with Gasteiger partial charge in [0.2, 0.25) is 5.91 Å². The number of benzene rings is 1. The van der Waals surface area contributed by atoms with Gasteiger partial charge in [-0.05, 0) is 55.6 Å². The van der Waals surface area contributed by atoms with Crippen LogP contribution in [0.15, 0.2) is 65.6 Å². The quantitative estimate of drug-likeness (QED) is 0.514. The molecule has 2 heterocycles. The van der Waals surface area contributed by atoms with Crippen LogP contribution in [0.1, 0.15) is 30.6 Å². The van der Waals surface area contributed by atoms with Crippen molar-refractivity contribution in [3.05, 3.63) is 72.5 Å². The lowest BCUT2D eigenvalue weighted by Gasteiger charge is -2.09. The largest absolute Gasteiger partial charge is 0.469 e. The van der Waals surface area contributed by atoms with Gasteiger partial charge in [0.15, 0.2) is 0 Å². The summed E-state index contributed by atoms with van der Waals surface area (Å²) in [6, 6.07) is 11.3. The van der Waals surface area contributed by atoms with Crippen molar-refractivity contribution < 1.29 is 9.21 Å². The van der Waals surface area contributed by atoms with Crippen molar-refractivity contribution in [2.24, 2.45) is 5.73 Å². The second-order valence-electron chi connectivity index (χ2n) is 6.41. The summed E-state index contributed by atoms with van der Waals surface area (Å²) in [6.45, 7) is 0. The van der Waals surface area contributed by atoms with Crippen LogP contribution >= 0.6 is 0 Å². The monoisotopic (exact) mass is 351 g/mol. The van der Waals surface area contributed by atoms with E-state index in [1.54, 1.807) is 12.5 Å². The highest BCUT2D eigenvalue weighted by molar-refractivity contribution is 5.86. The zero-order valence-electron chi connectivity index (χ0n) is 14.8. The normalized spacial score (nSPS) is 12.7. The Morgan fingerprint density at radius 1 is 1.23 bits per heavy atom. The summed E-state index contributed by atoms with van der Waals surface area (Å²) < 4.78 is 5.30. The zero-order chi connectivity index (χ0) is 18.2. The molecule has 4 N–H and O–H groups in total. The lowest BCUT2D eigenvalue weighted by molar-refractivity contribution is -0.121. The molecule has 3 aromatic rings. The van der Waals surface area contributed by atoms with Crippen LogP contribution in [0.25, 0.3) is 10.9 Å². The minimum atomic E-state index is -0.571. The predicted octanol–water partition coefficient (Wildman–Crippen LogP) is 3.67. The van der Waals surface area contributed by atoms with Crippen LogP contribution in [0.5, 0.6) is 0 Å². The minimum absolute atomic E-state index is 0.165. The van der Waals surface area contributed by atoms with Gasteiger partial charge < -0.3 is 20.5 Å². The summed E-state index contributed by atoms with van der Waals surface area (Å²) in [5.41, 5.74) is 8.17. The summed E-state index contributed by atoms with van der Waals surface area (Å²) in [5.74, 6) is 0.854. The Hall–Kier alpha value is -2.79. The summed E-state index contributed by atoms with van der Waals surface area (Å²) in [5, 5.41) is 3.89. The Balaban J connectivity index is 1.37. The highest BCUT2D eigenvalue weighted by Gasteiger charge is 2.15. The topological polar surface area (TPSA) is 84.0 Å². The fourth-order valence-electron chi connectivity index (χ4n) is 2.98. The number of hydrogen-bond acceptors (Lipinski definition) is 3. The summed E-state index contributed by atoms with van der Waals surface area (Å²) in [6.07, 6.45) is 11.8. The van der Waals surface area contributed by atoms with Crippen molar-refractivity contribution in [1.29, 1.82) is 0 Å². The van der Waals surface area contributed by atoms with Gasteiger partial charge in [-0.15, -0.1) is 0 Å². The molecule has 0 aliphatic heterocycles. The third-order valence-corrected chi connectivity index (χ3v) is 4.42. The number of furan rings is 1. The molecular formula is C21H25N3O2. The molecule has 0 aliphatic rings. The van der Waals surface area contributed by atoms with Crippen molar-refractivity contribution in [2.75, 3.05) is 0 Å². The van der Waals surface area contributed by atoms with Crippen molar-refractivity contribution >= 4 is 16.8 Å². The van der Waals surface area contributed by atoms with Gasteiger partial charge in [0, 0.05) is 23.5 Å². The molecule has 2 aromatic heterocycles. The first-order valence-electron chi connectivity index (χ1n) is 9.02. The maximum atomic E-state index is 12.1. The van der Waals surface area contributed by atoms with E-state index in [2.05, 4.69) is 10.3 Å². The first-order valence-corrected chi connectivity index (χ1v) is 9.02. The van der Waals surface area contributed by atoms with E-state index in [9.17, 15) is 4.79 Å². The number of aromatic nitrogens is 1. The second kappa shape index (κ2) is 9.06. The lowest BCUT2D eigenvalue weighted by atomic mass is 10.1. The molecule has 0 spiro atoms. The van der Waals surface area contributed by atoms with Crippen LogP contribution in [-0.2, 0) is 17.6 Å². The second-order valence-corrected chi connectivity index (χ2v) is 6.41. The number of H-pyrrole nitrogens is 1. The Bertz CT molecular complexity index is 849. The molecule has 3 rings (SSSR count). The molecule has 5 heteroatoms. The lowest BCUT2D eigenvalue weighted by Crippen LogP contribution is -2.39. The first kappa shape index (κ1) is 18.0. The van der Waals surface area contributed by atoms with Gasteiger partial charge in [0.25, 0.3) is 0 Å². The maximum Gasteiger partial charge on any atom is 0.241 e. The molecule has 0 fully saturated rings. The summed E-state index contributed by atoms with van der Waals surface area (Å²) in [7, 11) is 0. The Morgan fingerprint density at radius 3 is 2.96 bits per heavy atom. The average molecular weight is 351 g/mol. The zero-order valence-corrected chi connectivity index (χ0v) is 14.8. The van der Waals surface area contributed by atoms with Crippen LogP contribution in [0.3, 0.4) is 0 Å². The smallest absolute Gasteiger partial charge is 0.241 e. The number of carbonyl (C=O) groups is 1. The number of aryl methyl sites for hydroxylation is 1. The number of aromatic amines is 1. The number of allylic oxidation sites excluding steroid dienone is 1. The summed E-state index contributed by atoms with van der Waals surface area (Å²) in [4.78, 5) is 15.3. The predicted molar refractivity (Wildman–Crippen MR) is 104 cm³/mol. The number of hydrogen-bond donors (Lipinski definition) is 3.